The van der Waals surface area contributed by atoms with Crippen LogP contribution >= 0.6 is 12.2 Å². The van der Waals surface area contributed by atoms with Crippen molar-refractivity contribution in [2.75, 3.05) is 26.3 Å². The zero-order chi connectivity index (χ0) is 10.6. The molecule has 2 amide bonds. The first-order valence-electron chi connectivity index (χ1n) is 4.54. The summed E-state index contributed by atoms with van der Waals surface area (Å²) in [5.74, 6) is 0. The molecule has 1 fully saturated rings. The fraction of sp³-hybridized carbons (Fsp3) is 0.750. The zero-order valence-corrected chi connectivity index (χ0v) is 8.97. The van der Waals surface area contributed by atoms with E-state index in [1.807, 2.05) is 0 Å². The number of thiocarbonyl (C=S) groups is 1. The van der Waals surface area contributed by atoms with E-state index < -0.39 is 0 Å². The van der Waals surface area contributed by atoms with Crippen molar-refractivity contribution in [1.82, 2.24) is 10.2 Å². The van der Waals surface area contributed by atoms with E-state index in [-0.39, 0.29) is 12.1 Å². The van der Waals surface area contributed by atoms with Crippen molar-refractivity contribution in [3.63, 3.8) is 0 Å². The average Bonchev–Trinajstić information content (AvgIpc) is 2.19. The molecular weight excluding hydrogens is 202 g/mol. The normalized spacial score (nSPS) is 18.8. The molecule has 0 radical (unpaired) electrons. The van der Waals surface area contributed by atoms with Crippen LogP contribution in [0.4, 0.5) is 4.79 Å². The van der Waals surface area contributed by atoms with Gasteiger partial charge in [-0.25, -0.2) is 4.79 Å². The number of morpholine rings is 1. The number of nitrogens with two attached hydrogens (primary N) is 1. The number of hydrogen-bond acceptors (Lipinski definition) is 3. The number of carbonyl (C=O) groups excluding carboxylic acids is 1. The minimum atomic E-state index is -0.264. The summed E-state index contributed by atoms with van der Waals surface area (Å²) in [4.78, 5) is 13.5. The molecule has 1 heterocycles. The van der Waals surface area contributed by atoms with Gasteiger partial charge in [0, 0.05) is 13.1 Å². The molecule has 6 heteroatoms. The Balaban J connectivity index is 2.36. The summed E-state index contributed by atoms with van der Waals surface area (Å²) in [5, 5.41) is 2.71. The average molecular weight is 217 g/mol. The van der Waals surface area contributed by atoms with E-state index in [4.69, 9.17) is 22.7 Å². The fourth-order valence-corrected chi connectivity index (χ4v) is 1.17. The lowest BCUT2D eigenvalue weighted by atomic mass is 10.3. The van der Waals surface area contributed by atoms with Crippen LogP contribution in [0.1, 0.15) is 6.92 Å². The summed E-state index contributed by atoms with van der Waals surface area (Å²) in [6.07, 6.45) is 0. The van der Waals surface area contributed by atoms with E-state index in [1.54, 1.807) is 11.8 Å². The Morgan fingerprint density at radius 1 is 1.57 bits per heavy atom. The topological polar surface area (TPSA) is 67.6 Å². The number of carbonyl (C=O) groups is 1. The van der Waals surface area contributed by atoms with Crippen molar-refractivity contribution in [2.24, 2.45) is 5.73 Å². The lowest BCUT2D eigenvalue weighted by Crippen LogP contribution is -2.51. The van der Waals surface area contributed by atoms with Crippen LogP contribution in [0.15, 0.2) is 0 Å². The number of hydrogen-bond donors (Lipinski definition) is 2. The molecule has 0 aromatic rings. The molecule has 1 saturated heterocycles. The molecule has 3 N–H and O–H groups in total. The summed E-state index contributed by atoms with van der Waals surface area (Å²) in [7, 11) is 0. The van der Waals surface area contributed by atoms with Crippen molar-refractivity contribution >= 4 is 23.2 Å². The van der Waals surface area contributed by atoms with Gasteiger partial charge >= 0.3 is 6.03 Å². The summed E-state index contributed by atoms with van der Waals surface area (Å²) < 4.78 is 5.13. The van der Waals surface area contributed by atoms with Crippen molar-refractivity contribution in [3.05, 3.63) is 0 Å². The molecule has 1 rings (SSSR count). The largest absolute Gasteiger partial charge is 0.392 e. The molecule has 14 heavy (non-hydrogen) atoms. The van der Waals surface area contributed by atoms with Gasteiger partial charge in [-0.15, -0.1) is 0 Å². The first kappa shape index (κ1) is 11.2. The minimum absolute atomic E-state index is 0.131. The Morgan fingerprint density at radius 2 is 2.14 bits per heavy atom. The monoisotopic (exact) mass is 217 g/mol. The van der Waals surface area contributed by atoms with Crippen molar-refractivity contribution in [3.8, 4) is 0 Å². The number of amides is 2. The Morgan fingerprint density at radius 3 is 2.64 bits per heavy atom. The molecule has 0 aromatic carbocycles. The number of ether oxygens (including phenoxy) is 1. The Kier molecular flexibility index (Phi) is 4.09. The number of rotatable bonds is 2. The van der Waals surface area contributed by atoms with Crippen LogP contribution in [-0.4, -0.2) is 48.3 Å². The lowest BCUT2D eigenvalue weighted by Gasteiger charge is -2.28. The van der Waals surface area contributed by atoms with Gasteiger partial charge in [-0.05, 0) is 6.92 Å². The molecule has 0 aromatic heterocycles. The Labute approximate surface area is 88.6 Å². The van der Waals surface area contributed by atoms with Crippen LogP contribution in [0, 0.1) is 0 Å². The van der Waals surface area contributed by atoms with E-state index in [0.29, 0.717) is 31.3 Å². The van der Waals surface area contributed by atoms with Crippen molar-refractivity contribution < 1.29 is 9.53 Å². The van der Waals surface area contributed by atoms with Gasteiger partial charge in [-0.1, -0.05) is 12.2 Å². The molecule has 0 saturated carbocycles. The standard InChI is InChI=1S/C8H15N3O2S/c1-6(7(9)14)10-8(12)11-2-4-13-5-3-11/h6H,2-5H2,1H3,(H2,9,14)(H,10,12). The summed E-state index contributed by atoms with van der Waals surface area (Å²) in [5.41, 5.74) is 5.39. The molecule has 0 spiro atoms. The molecule has 5 nitrogen and oxygen atoms in total. The van der Waals surface area contributed by atoms with E-state index >= 15 is 0 Å². The van der Waals surface area contributed by atoms with Crippen LogP contribution in [0.3, 0.4) is 0 Å². The summed E-state index contributed by atoms with van der Waals surface area (Å²) in [6, 6.07) is -0.394. The van der Waals surface area contributed by atoms with Gasteiger partial charge in [0.2, 0.25) is 0 Å². The number of nitrogens with zero attached hydrogens (tertiary/aromatic N) is 1. The van der Waals surface area contributed by atoms with Crippen molar-refractivity contribution in [1.29, 1.82) is 0 Å². The fourth-order valence-electron chi connectivity index (χ4n) is 1.11. The van der Waals surface area contributed by atoms with E-state index in [2.05, 4.69) is 5.32 Å². The van der Waals surface area contributed by atoms with Crippen LogP contribution in [0.5, 0.6) is 0 Å². The van der Waals surface area contributed by atoms with Crippen LogP contribution < -0.4 is 11.1 Å². The predicted octanol–water partition coefficient (Wildman–Crippen LogP) is -0.297. The molecule has 1 unspecified atom stereocenters. The maximum Gasteiger partial charge on any atom is 0.318 e. The van der Waals surface area contributed by atoms with Gasteiger partial charge < -0.3 is 20.7 Å². The van der Waals surface area contributed by atoms with Gasteiger partial charge in [-0.2, -0.15) is 0 Å². The van der Waals surface area contributed by atoms with Gasteiger partial charge in [0.15, 0.2) is 0 Å². The number of urea groups is 1. The molecule has 0 bridgehead atoms. The molecule has 80 valence electrons. The van der Waals surface area contributed by atoms with E-state index in [9.17, 15) is 4.79 Å². The smallest absolute Gasteiger partial charge is 0.318 e. The third-order valence-electron chi connectivity index (χ3n) is 2.07. The van der Waals surface area contributed by atoms with Crippen molar-refractivity contribution in [2.45, 2.75) is 13.0 Å². The highest BCUT2D eigenvalue weighted by molar-refractivity contribution is 7.80. The maximum absolute atomic E-state index is 11.6. The highest BCUT2D eigenvalue weighted by Crippen LogP contribution is 1.97. The van der Waals surface area contributed by atoms with Gasteiger partial charge in [0.05, 0.1) is 24.2 Å². The molecule has 1 aliphatic heterocycles. The van der Waals surface area contributed by atoms with E-state index in [1.165, 1.54) is 0 Å². The number of nitrogens with one attached hydrogen (secondary N) is 1. The Bertz CT molecular complexity index is 229. The predicted molar refractivity (Wildman–Crippen MR) is 57.2 cm³/mol. The second-order valence-electron chi connectivity index (χ2n) is 3.17. The van der Waals surface area contributed by atoms with E-state index in [0.717, 1.165) is 0 Å². The zero-order valence-electron chi connectivity index (χ0n) is 8.16. The minimum Gasteiger partial charge on any atom is -0.392 e. The molecule has 1 atom stereocenters. The third-order valence-corrected chi connectivity index (χ3v) is 2.42. The summed E-state index contributed by atoms with van der Waals surface area (Å²) >= 11 is 4.76. The highest BCUT2D eigenvalue weighted by atomic mass is 32.1. The first-order chi connectivity index (χ1) is 6.61. The van der Waals surface area contributed by atoms with Crippen LogP contribution in [0.2, 0.25) is 0 Å². The Hall–Kier alpha value is -0.880. The van der Waals surface area contributed by atoms with Gasteiger partial charge in [-0.3, -0.25) is 0 Å². The third kappa shape index (κ3) is 3.12. The van der Waals surface area contributed by atoms with Gasteiger partial charge in [0.1, 0.15) is 0 Å². The van der Waals surface area contributed by atoms with Gasteiger partial charge in [0.25, 0.3) is 0 Å². The molecular formula is C8H15N3O2S. The molecule has 0 aliphatic carbocycles. The quantitative estimate of drug-likeness (QED) is 0.623. The summed E-state index contributed by atoms with van der Waals surface area (Å²) in [6.45, 7) is 4.19. The SMILES string of the molecule is CC(NC(=O)N1CCOCC1)C(N)=S. The second-order valence-corrected chi connectivity index (χ2v) is 3.64. The maximum atomic E-state index is 11.6. The first-order valence-corrected chi connectivity index (χ1v) is 4.94. The second kappa shape index (κ2) is 5.11. The van der Waals surface area contributed by atoms with Crippen LogP contribution in [0.25, 0.3) is 0 Å². The molecule has 1 aliphatic rings. The highest BCUT2D eigenvalue weighted by Gasteiger charge is 2.18. The van der Waals surface area contributed by atoms with Crippen LogP contribution in [-0.2, 0) is 4.74 Å². The lowest BCUT2D eigenvalue weighted by molar-refractivity contribution is 0.0530.